The molecule has 1 aromatic rings. The fourth-order valence-corrected chi connectivity index (χ4v) is 14.9. The Labute approximate surface area is 420 Å². The number of benzene rings is 1. The summed E-state index contributed by atoms with van der Waals surface area (Å²) in [6.07, 6.45) is 25.3. The minimum Gasteiger partial charge on any atom is -0.396 e. The maximum Gasteiger partial charge on any atom is 0.146 e. The molecule has 1 heterocycles. The molecule has 11 heteroatoms. The van der Waals surface area contributed by atoms with Crippen molar-refractivity contribution in [3.63, 3.8) is 0 Å². The van der Waals surface area contributed by atoms with E-state index < -0.39 is 41.2 Å². The highest BCUT2D eigenvalue weighted by atomic mass is 16.5. The van der Waals surface area contributed by atoms with Gasteiger partial charge >= 0.3 is 0 Å². The van der Waals surface area contributed by atoms with Crippen LogP contribution in [0.4, 0.5) is 0 Å². The van der Waals surface area contributed by atoms with Crippen molar-refractivity contribution >= 4 is 6.29 Å². The Bertz CT molecular complexity index is 2080. The number of aliphatic hydroxyl groups excluding tert-OH is 4. The van der Waals surface area contributed by atoms with Gasteiger partial charge in [0.25, 0.3) is 0 Å². The molecule has 12 unspecified atom stereocenters. The molecule has 12 atom stereocenters. The van der Waals surface area contributed by atoms with Gasteiger partial charge in [-0.25, -0.2) is 0 Å². The summed E-state index contributed by atoms with van der Waals surface area (Å²) >= 11 is 0. The summed E-state index contributed by atoms with van der Waals surface area (Å²) in [5.41, 5.74) is 4.81. The van der Waals surface area contributed by atoms with Crippen LogP contribution in [0.3, 0.4) is 0 Å². The van der Waals surface area contributed by atoms with Gasteiger partial charge in [0.1, 0.15) is 12.4 Å². The van der Waals surface area contributed by atoms with Gasteiger partial charge in [0.15, 0.2) is 0 Å². The van der Waals surface area contributed by atoms with E-state index in [9.17, 15) is 30.3 Å². The van der Waals surface area contributed by atoms with Crippen LogP contribution in [0.5, 0.6) is 0 Å². The topological polar surface area (TPSA) is 173 Å². The minimum atomic E-state index is -1.27. The normalized spacial score (nSPS) is 35.3. The maximum atomic E-state index is 13.4. The van der Waals surface area contributed by atoms with Crippen molar-refractivity contribution in [2.24, 2.45) is 46.3 Å². The summed E-state index contributed by atoms with van der Waals surface area (Å²) in [5.74, 6) is 0.381. The molecule has 11 nitrogen and oxygen atoms in total. The van der Waals surface area contributed by atoms with Crippen LogP contribution in [0.15, 0.2) is 95.2 Å². The largest absolute Gasteiger partial charge is 0.396 e. The number of hydrogen-bond donors (Lipinski definition) is 8. The first-order chi connectivity index (χ1) is 33.9. The van der Waals surface area contributed by atoms with Crippen LogP contribution in [0.25, 0.3) is 0 Å². The molecule has 0 saturated heterocycles. The summed E-state index contributed by atoms with van der Waals surface area (Å²) < 4.78 is 11.9. The lowest BCUT2D eigenvalue weighted by atomic mass is 9.40. The fraction of sp³-hybridized carbons (Fsp3) is 0.678. The lowest BCUT2D eigenvalue weighted by molar-refractivity contribution is -0.207. The van der Waals surface area contributed by atoms with Gasteiger partial charge in [-0.3, -0.25) is 4.79 Å². The van der Waals surface area contributed by atoms with Crippen LogP contribution < -0.4 is 16.0 Å². The van der Waals surface area contributed by atoms with Crippen molar-refractivity contribution in [3.8, 4) is 0 Å². The number of allylic oxidation sites excluding steroid dienone is 9. The zero-order chi connectivity index (χ0) is 49.9. The molecule has 3 fully saturated rings. The molecule has 0 aromatic heterocycles. The molecule has 1 aromatic carbocycles. The highest BCUT2D eigenvalue weighted by Gasteiger charge is 2.71. The predicted molar refractivity (Wildman–Crippen MR) is 279 cm³/mol. The van der Waals surface area contributed by atoms with E-state index in [1.54, 1.807) is 0 Å². The van der Waals surface area contributed by atoms with Gasteiger partial charge in [0.05, 0.1) is 31.5 Å². The van der Waals surface area contributed by atoms with Crippen molar-refractivity contribution < 1.29 is 39.8 Å². The van der Waals surface area contributed by atoms with Crippen molar-refractivity contribution in [2.45, 2.75) is 133 Å². The van der Waals surface area contributed by atoms with Crippen LogP contribution in [-0.4, -0.2) is 129 Å². The molecule has 1 aliphatic heterocycles. The van der Waals surface area contributed by atoms with E-state index in [1.807, 2.05) is 26.3 Å². The third kappa shape index (κ3) is 11.5. The number of fused-ring (bicyclic) bond motifs is 3. The van der Waals surface area contributed by atoms with E-state index in [1.165, 1.54) is 42.4 Å². The number of rotatable bonds is 21. The Morgan fingerprint density at radius 1 is 1.07 bits per heavy atom. The van der Waals surface area contributed by atoms with E-state index in [-0.39, 0.29) is 43.1 Å². The number of methoxy groups -OCH3 is 1. The summed E-state index contributed by atoms with van der Waals surface area (Å²) in [7, 11) is 5.79. The molecule has 7 rings (SSSR count). The van der Waals surface area contributed by atoms with Gasteiger partial charge < -0.3 is 51.0 Å². The number of carbonyl (C=O) groups excluding carboxylic acids is 1. The minimum absolute atomic E-state index is 0.0418. The number of aliphatic hydroxyl groups is 5. The number of nitrogens with one attached hydrogen (secondary N) is 3. The molecule has 5 aliphatic carbocycles. The van der Waals surface area contributed by atoms with Crippen LogP contribution in [0.1, 0.15) is 108 Å². The van der Waals surface area contributed by atoms with Crippen molar-refractivity contribution in [2.75, 3.05) is 73.9 Å². The summed E-state index contributed by atoms with van der Waals surface area (Å²) in [4.78, 5) is 12.9. The zero-order valence-electron chi connectivity index (χ0n) is 43.1. The molecule has 4 bridgehead atoms. The van der Waals surface area contributed by atoms with E-state index >= 15 is 0 Å². The third-order valence-corrected chi connectivity index (χ3v) is 18.3. The Balaban J connectivity index is 1.20. The molecule has 1 spiro atoms. The second-order valence-electron chi connectivity index (χ2n) is 22.4. The maximum absolute atomic E-state index is 13.4. The highest BCUT2D eigenvalue weighted by Crippen LogP contribution is 2.72. The average Bonchev–Trinajstić information content (AvgIpc) is 3.71. The number of ether oxygens (including phenoxy) is 2. The van der Waals surface area contributed by atoms with Crippen molar-refractivity contribution in [1.82, 2.24) is 16.0 Å². The number of aldehydes is 1. The number of carbonyl (C=O) groups is 1. The predicted octanol–water partition coefficient (Wildman–Crippen LogP) is 6.89. The molecule has 6 aliphatic rings. The lowest BCUT2D eigenvalue weighted by Gasteiger charge is -2.66. The third-order valence-electron chi connectivity index (χ3n) is 18.3. The first kappa shape index (κ1) is 54.7. The zero-order valence-corrected chi connectivity index (χ0v) is 43.1. The van der Waals surface area contributed by atoms with Crippen LogP contribution >= 0.6 is 0 Å². The van der Waals surface area contributed by atoms with Crippen molar-refractivity contribution in [3.05, 3.63) is 106 Å². The smallest absolute Gasteiger partial charge is 0.146 e. The van der Waals surface area contributed by atoms with Gasteiger partial charge in [-0.1, -0.05) is 91.3 Å². The first-order valence-electron chi connectivity index (χ1n) is 27.0. The molecule has 70 heavy (non-hydrogen) atoms. The van der Waals surface area contributed by atoms with Gasteiger partial charge in [-0.05, 0) is 181 Å². The lowest BCUT2D eigenvalue weighted by Crippen LogP contribution is -2.67. The van der Waals surface area contributed by atoms with Crippen LogP contribution in [0.2, 0.25) is 0 Å². The average molecular weight is 968 g/mol. The Morgan fingerprint density at radius 3 is 2.64 bits per heavy atom. The molecule has 0 amide bonds. The molecule has 8 N–H and O–H groups in total. The van der Waals surface area contributed by atoms with E-state index in [0.717, 1.165) is 80.2 Å². The molecular formula is C59H89N3O8. The van der Waals surface area contributed by atoms with E-state index in [0.29, 0.717) is 63.5 Å². The number of hydrogen-bond acceptors (Lipinski definition) is 11. The first-order valence-corrected chi connectivity index (χ1v) is 27.0. The van der Waals surface area contributed by atoms with E-state index in [4.69, 9.17) is 9.47 Å². The Kier molecular flexibility index (Phi) is 19.4. The molecule has 3 saturated carbocycles. The van der Waals surface area contributed by atoms with E-state index in [2.05, 4.69) is 85.1 Å². The SMILES string of the molecule is C=C(C=CC=C(COCC(O)CO)C1CCC2(C1O)C1C3=C(C=O)CCCC3(C=CC1CCO)CC2(O)CCNC)C1CC=C(C)CNC(CCOC)(C2CCCCC2CNC)Cc2cccc(c2)C1. The molecule has 0 radical (unpaired) electrons. The molecular weight excluding hydrogens is 879 g/mol. The Hall–Kier alpha value is -3.07. The van der Waals surface area contributed by atoms with Crippen LogP contribution in [-0.2, 0) is 27.1 Å². The second-order valence-corrected chi connectivity index (χ2v) is 22.4. The summed E-state index contributed by atoms with van der Waals surface area (Å²) in [6, 6.07) is 9.18. The van der Waals surface area contributed by atoms with Gasteiger partial charge in [0.2, 0.25) is 0 Å². The monoisotopic (exact) mass is 968 g/mol. The Morgan fingerprint density at radius 2 is 1.89 bits per heavy atom. The summed E-state index contributed by atoms with van der Waals surface area (Å²) in [6.45, 7) is 9.60. The highest BCUT2D eigenvalue weighted by molar-refractivity contribution is 5.77. The van der Waals surface area contributed by atoms with Gasteiger partial charge in [-0.15, -0.1) is 0 Å². The second kappa shape index (κ2) is 24.8. The van der Waals surface area contributed by atoms with Crippen molar-refractivity contribution in [1.29, 1.82) is 0 Å². The standard InChI is InChI=1S/C59H89N3O8/c1-41-18-19-46(32-43-12-9-13-44(31-43)33-57(62-34-41,27-30-69-5)52-17-7-6-14-47(52)35-61-4)42(2)11-8-15-49(38-70-39-50(66)37-65)51-21-25-59(55(51)67)54-45(22-29-63)20-24-56(40-58(59,68)26-28-60-3)23-10-16-48(36-64)53(54)56/h8-9,11-13,15,18,20,24,31,36,45-47,50-52,54-55,60-63,65-68H,2,6-7,10,14,16-17,19,21-23,25-30,32-35,37-40H2,1,3-5H3. The summed E-state index contributed by atoms with van der Waals surface area (Å²) in [5, 5.41) is 67.9. The van der Waals surface area contributed by atoms with Gasteiger partial charge in [-0.2, -0.15) is 0 Å². The van der Waals surface area contributed by atoms with Crippen LogP contribution in [0, 0.1) is 46.3 Å². The van der Waals surface area contributed by atoms with Gasteiger partial charge in [0, 0.05) is 49.2 Å². The quantitative estimate of drug-likeness (QED) is 0.0367. The molecule has 388 valence electrons. The fourth-order valence-electron chi connectivity index (χ4n) is 14.9.